The summed E-state index contributed by atoms with van der Waals surface area (Å²) in [4.78, 5) is 11.4. The second-order valence-electron chi connectivity index (χ2n) is 2.73. The van der Waals surface area contributed by atoms with E-state index in [0.29, 0.717) is 5.56 Å². The van der Waals surface area contributed by atoms with E-state index in [1.807, 2.05) is 12.1 Å². The van der Waals surface area contributed by atoms with Gasteiger partial charge < -0.3 is 5.73 Å². The van der Waals surface area contributed by atoms with Crippen molar-refractivity contribution < 1.29 is 4.79 Å². The van der Waals surface area contributed by atoms with Gasteiger partial charge in [0, 0.05) is 15.2 Å². The molecule has 1 aromatic heterocycles. The quantitative estimate of drug-likeness (QED) is 0.560. The molecule has 0 aliphatic rings. The lowest BCUT2D eigenvalue weighted by Gasteiger charge is -1.95. The van der Waals surface area contributed by atoms with Gasteiger partial charge in [-0.25, -0.2) is 0 Å². The molecule has 0 spiro atoms. The molecule has 0 atom stereocenters. The minimum Gasteiger partial charge on any atom is -0.391 e. The Bertz CT molecular complexity index is 476. The molecule has 0 saturated heterocycles. The molecule has 0 bridgehead atoms. The van der Waals surface area contributed by atoms with Gasteiger partial charge in [-0.15, -0.1) is 24.0 Å². The third-order valence-corrected chi connectivity index (χ3v) is 3.29. The number of thiophene rings is 1. The van der Waals surface area contributed by atoms with Gasteiger partial charge >= 0.3 is 0 Å². The lowest BCUT2D eigenvalue weighted by molar-refractivity contribution is 0.112. The Morgan fingerprint density at radius 1 is 1.38 bits per heavy atom. The van der Waals surface area contributed by atoms with Crippen molar-refractivity contribution in [3.63, 3.8) is 0 Å². The third kappa shape index (κ3) is 1.43. The number of aldehydes is 1. The summed E-state index contributed by atoms with van der Waals surface area (Å²) in [5.41, 5.74) is 6.28. The fourth-order valence-electron chi connectivity index (χ4n) is 1.25. The van der Waals surface area contributed by atoms with Gasteiger partial charge in [0.15, 0.2) is 0 Å². The van der Waals surface area contributed by atoms with Gasteiger partial charge in [0.1, 0.15) is 6.29 Å². The minimum atomic E-state index is 0.635. The summed E-state index contributed by atoms with van der Waals surface area (Å²) in [7, 11) is 0. The van der Waals surface area contributed by atoms with Gasteiger partial charge in [-0.05, 0) is 23.6 Å². The zero-order valence-electron chi connectivity index (χ0n) is 6.65. The van der Waals surface area contributed by atoms with Crippen LogP contribution in [0.1, 0.15) is 10.4 Å². The Kier molecular flexibility index (Phi) is 2.01. The van der Waals surface area contributed by atoms with Crippen LogP contribution in [0.15, 0.2) is 23.1 Å². The smallest absolute Gasteiger partial charge is 0.150 e. The van der Waals surface area contributed by atoms with E-state index in [-0.39, 0.29) is 0 Å². The van der Waals surface area contributed by atoms with Gasteiger partial charge in [-0.3, -0.25) is 4.79 Å². The van der Waals surface area contributed by atoms with Crippen LogP contribution in [-0.4, -0.2) is 6.29 Å². The molecule has 0 unspecified atom stereocenters. The van der Waals surface area contributed by atoms with Gasteiger partial charge in [0.05, 0.1) is 5.00 Å². The first-order valence-corrected chi connectivity index (χ1v) is 4.94. The van der Waals surface area contributed by atoms with Crippen molar-refractivity contribution in [2.45, 2.75) is 4.90 Å². The van der Waals surface area contributed by atoms with Crippen molar-refractivity contribution in [2.75, 3.05) is 5.73 Å². The normalized spacial score (nSPS) is 10.5. The van der Waals surface area contributed by atoms with Crippen LogP contribution < -0.4 is 5.73 Å². The zero-order chi connectivity index (χ0) is 9.42. The topological polar surface area (TPSA) is 43.1 Å². The highest BCUT2D eigenvalue weighted by Gasteiger charge is 2.04. The molecule has 2 nitrogen and oxygen atoms in total. The first-order valence-electron chi connectivity index (χ1n) is 3.68. The van der Waals surface area contributed by atoms with E-state index < -0.39 is 0 Å². The first kappa shape index (κ1) is 8.59. The van der Waals surface area contributed by atoms with Crippen LogP contribution in [0.25, 0.3) is 10.1 Å². The average Bonchev–Trinajstić information content (AvgIpc) is 2.46. The van der Waals surface area contributed by atoms with E-state index in [9.17, 15) is 4.79 Å². The number of fused-ring (bicyclic) bond motifs is 1. The number of hydrogen-bond acceptors (Lipinski definition) is 4. The fourth-order valence-corrected chi connectivity index (χ4v) is 2.48. The van der Waals surface area contributed by atoms with Crippen molar-refractivity contribution in [2.24, 2.45) is 0 Å². The van der Waals surface area contributed by atoms with Crippen LogP contribution in [0.3, 0.4) is 0 Å². The summed E-state index contributed by atoms with van der Waals surface area (Å²) in [6, 6.07) is 5.41. The van der Waals surface area contributed by atoms with Gasteiger partial charge in [0.2, 0.25) is 0 Å². The lowest BCUT2D eigenvalue weighted by Crippen LogP contribution is -1.78. The Labute approximate surface area is 84.8 Å². The SMILES string of the molecule is Nc1cc2cc(C=O)cc(S)c2s1. The number of hydrogen-bond donors (Lipinski definition) is 2. The molecule has 1 heterocycles. The van der Waals surface area contributed by atoms with Crippen LogP contribution in [-0.2, 0) is 0 Å². The highest BCUT2D eigenvalue weighted by Crippen LogP contribution is 2.32. The summed E-state index contributed by atoms with van der Waals surface area (Å²) in [5.74, 6) is 0. The maximum Gasteiger partial charge on any atom is 0.150 e. The van der Waals surface area contributed by atoms with Gasteiger partial charge in [-0.2, -0.15) is 0 Å². The molecule has 2 aromatic rings. The van der Waals surface area contributed by atoms with Crippen LogP contribution in [0.5, 0.6) is 0 Å². The number of nitrogen functional groups attached to an aromatic ring is 1. The maximum absolute atomic E-state index is 10.5. The van der Waals surface area contributed by atoms with Crippen LogP contribution >= 0.6 is 24.0 Å². The van der Waals surface area contributed by atoms with Crippen LogP contribution in [0.4, 0.5) is 5.00 Å². The van der Waals surface area contributed by atoms with Crippen molar-refractivity contribution in [3.05, 3.63) is 23.8 Å². The zero-order valence-corrected chi connectivity index (χ0v) is 8.36. The second-order valence-corrected chi connectivity index (χ2v) is 4.29. The number of carbonyl (C=O) groups is 1. The molecule has 2 rings (SSSR count). The predicted octanol–water partition coefficient (Wildman–Crippen LogP) is 2.58. The molecule has 0 amide bonds. The number of anilines is 1. The Morgan fingerprint density at radius 2 is 2.15 bits per heavy atom. The van der Waals surface area contributed by atoms with Crippen LogP contribution in [0.2, 0.25) is 0 Å². The van der Waals surface area contributed by atoms with E-state index in [2.05, 4.69) is 12.6 Å². The van der Waals surface area contributed by atoms with E-state index in [4.69, 9.17) is 5.73 Å². The first-order chi connectivity index (χ1) is 6.20. The van der Waals surface area contributed by atoms with Crippen molar-refractivity contribution >= 4 is 45.3 Å². The van der Waals surface area contributed by atoms with Gasteiger partial charge in [0.25, 0.3) is 0 Å². The van der Waals surface area contributed by atoms with Crippen LogP contribution in [0, 0.1) is 0 Å². The summed E-state index contributed by atoms with van der Waals surface area (Å²) in [5, 5.41) is 1.73. The van der Waals surface area contributed by atoms with E-state index in [0.717, 1.165) is 26.3 Å². The fraction of sp³-hybridized carbons (Fsp3) is 0. The molecule has 2 N–H and O–H groups in total. The summed E-state index contributed by atoms with van der Waals surface area (Å²) >= 11 is 5.77. The van der Waals surface area contributed by atoms with Crippen molar-refractivity contribution in [3.8, 4) is 0 Å². The number of thiol groups is 1. The monoisotopic (exact) mass is 209 g/mol. The lowest BCUT2D eigenvalue weighted by atomic mass is 10.2. The number of benzene rings is 1. The Hall–Kier alpha value is -1.000. The van der Waals surface area contributed by atoms with Crippen molar-refractivity contribution in [1.82, 2.24) is 0 Å². The third-order valence-electron chi connectivity index (χ3n) is 1.77. The highest BCUT2D eigenvalue weighted by molar-refractivity contribution is 7.80. The summed E-state index contributed by atoms with van der Waals surface area (Å²) in [6.07, 6.45) is 0.813. The Balaban J connectivity index is 2.82. The molecule has 0 aliphatic heterocycles. The summed E-state index contributed by atoms with van der Waals surface area (Å²) < 4.78 is 1.03. The van der Waals surface area contributed by atoms with E-state index >= 15 is 0 Å². The Morgan fingerprint density at radius 3 is 2.85 bits per heavy atom. The molecular formula is C9H7NOS2. The molecule has 13 heavy (non-hydrogen) atoms. The van der Waals surface area contributed by atoms with E-state index in [1.54, 1.807) is 6.07 Å². The minimum absolute atomic E-state index is 0.635. The molecule has 4 heteroatoms. The highest BCUT2D eigenvalue weighted by atomic mass is 32.1. The van der Waals surface area contributed by atoms with E-state index in [1.165, 1.54) is 11.3 Å². The molecule has 0 aliphatic carbocycles. The summed E-state index contributed by atoms with van der Waals surface area (Å²) in [6.45, 7) is 0. The molecule has 1 aromatic carbocycles. The number of carbonyl (C=O) groups excluding carboxylic acids is 1. The maximum atomic E-state index is 10.5. The molecule has 0 saturated carbocycles. The molecule has 0 fully saturated rings. The molecule has 66 valence electrons. The van der Waals surface area contributed by atoms with Gasteiger partial charge in [-0.1, -0.05) is 0 Å². The number of rotatable bonds is 1. The average molecular weight is 209 g/mol. The molecule has 0 radical (unpaired) electrons. The standard InChI is InChI=1S/C9H7NOS2/c10-8-3-6-1-5(4-11)2-7(12)9(6)13-8/h1-4,12H,10H2. The van der Waals surface area contributed by atoms with Crippen molar-refractivity contribution in [1.29, 1.82) is 0 Å². The molecular weight excluding hydrogens is 202 g/mol. The second kappa shape index (κ2) is 3.05. The largest absolute Gasteiger partial charge is 0.391 e. The predicted molar refractivity (Wildman–Crippen MR) is 58.9 cm³/mol. The number of nitrogens with two attached hydrogens (primary N) is 1.